The number of benzene rings is 2. The molecule has 0 bridgehead atoms. The molecular formula is C16H11Cl2FN2O. The molecule has 0 saturated carbocycles. The third kappa shape index (κ3) is 3.08. The molecule has 1 amide bonds. The first-order valence-corrected chi connectivity index (χ1v) is 7.28. The number of aromatic nitrogens is 1. The molecule has 1 N–H and O–H groups in total. The lowest BCUT2D eigenvalue weighted by Gasteiger charge is -2.09. The van der Waals surface area contributed by atoms with Crippen molar-refractivity contribution in [2.24, 2.45) is 0 Å². The maximum absolute atomic E-state index is 13.2. The average Bonchev–Trinajstić information content (AvgIpc) is 2.84. The topological polar surface area (TPSA) is 34.0 Å². The molecule has 0 spiro atoms. The second-order valence-electron chi connectivity index (χ2n) is 4.82. The van der Waals surface area contributed by atoms with Gasteiger partial charge in [-0.25, -0.2) is 4.39 Å². The number of rotatable bonds is 3. The van der Waals surface area contributed by atoms with Crippen molar-refractivity contribution in [1.82, 2.24) is 4.57 Å². The molecule has 0 fully saturated rings. The van der Waals surface area contributed by atoms with E-state index in [1.807, 2.05) is 0 Å². The molecule has 3 aromatic rings. The number of fused-ring (bicyclic) bond motifs is 1. The maximum Gasteiger partial charge on any atom is 0.244 e. The lowest BCUT2D eigenvalue weighted by Crippen LogP contribution is -2.18. The molecule has 1 aromatic heterocycles. The summed E-state index contributed by atoms with van der Waals surface area (Å²) < 4.78 is 14.9. The summed E-state index contributed by atoms with van der Waals surface area (Å²) in [6.07, 6.45) is 1.74. The molecule has 112 valence electrons. The van der Waals surface area contributed by atoms with Gasteiger partial charge in [-0.15, -0.1) is 0 Å². The van der Waals surface area contributed by atoms with E-state index in [4.69, 9.17) is 23.2 Å². The van der Waals surface area contributed by atoms with Crippen LogP contribution in [0.25, 0.3) is 10.9 Å². The Kier molecular flexibility index (Phi) is 4.05. The molecule has 0 aliphatic carbocycles. The van der Waals surface area contributed by atoms with Gasteiger partial charge in [0, 0.05) is 22.1 Å². The van der Waals surface area contributed by atoms with E-state index in [0.717, 1.165) is 10.9 Å². The minimum Gasteiger partial charge on any atom is -0.338 e. The standard InChI is InChI=1S/C16H11Cl2FN2O/c17-11-1-3-14(13(18)8-11)20-16(22)9-21-6-5-10-7-12(19)2-4-15(10)21/h1-8H,9H2,(H,20,22). The SMILES string of the molecule is O=C(Cn1ccc2cc(F)ccc21)Nc1ccc(Cl)cc1Cl. The quantitative estimate of drug-likeness (QED) is 0.737. The summed E-state index contributed by atoms with van der Waals surface area (Å²) in [7, 11) is 0. The Bertz CT molecular complexity index is 860. The molecule has 0 aliphatic rings. The summed E-state index contributed by atoms with van der Waals surface area (Å²) in [4.78, 5) is 12.1. The van der Waals surface area contributed by atoms with Crippen LogP contribution >= 0.6 is 23.2 Å². The minimum atomic E-state index is -0.303. The van der Waals surface area contributed by atoms with Crippen molar-refractivity contribution in [2.75, 3.05) is 5.32 Å². The number of nitrogens with zero attached hydrogens (tertiary/aromatic N) is 1. The first kappa shape index (κ1) is 14.9. The van der Waals surface area contributed by atoms with Gasteiger partial charge < -0.3 is 9.88 Å². The van der Waals surface area contributed by atoms with Crippen LogP contribution in [0.2, 0.25) is 10.0 Å². The normalized spacial score (nSPS) is 10.9. The summed E-state index contributed by atoms with van der Waals surface area (Å²) in [6, 6.07) is 11.1. The zero-order valence-corrected chi connectivity index (χ0v) is 12.8. The number of carbonyl (C=O) groups excluding carboxylic acids is 1. The zero-order valence-electron chi connectivity index (χ0n) is 11.3. The van der Waals surface area contributed by atoms with E-state index in [9.17, 15) is 9.18 Å². The molecule has 2 aromatic carbocycles. The van der Waals surface area contributed by atoms with E-state index in [2.05, 4.69) is 5.32 Å². The second-order valence-corrected chi connectivity index (χ2v) is 5.66. The fourth-order valence-corrected chi connectivity index (χ4v) is 2.70. The molecule has 0 unspecified atom stereocenters. The number of nitrogens with one attached hydrogen (secondary N) is 1. The van der Waals surface area contributed by atoms with Gasteiger partial charge in [0.25, 0.3) is 0 Å². The number of hydrogen-bond donors (Lipinski definition) is 1. The van der Waals surface area contributed by atoms with Gasteiger partial charge in [-0.05, 0) is 42.5 Å². The molecule has 0 aliphatic heterocycles. The van der Waals surface area contributed by atoms with Crippen molar-refractivity contribution in [3.05, 3.63) is 64.5 Å². The van der Waals surface area contributed by atoms with Crippen LogP contribution in [0.3, 0.4) is 0 Å². The number of carbonyl (C=O) groups is 1. The van der Waals surface area contributed by atoms with Crippen molar-refractivity contribution in [3.63, 3.8) is 0 Å². The zero-order chi connectivity index (χ0) is 15.7. The van der Waals surface area contributed by atoms with Crippen LogP contribution in [-0.2, 0) is 11.3 Å². The number of halogens is 3. The Morgan fingerprint density at radius 3 is 2.73 bits per heavy atom. The van der Waals surface area contributed by atoms with Crippen LogP contribution in [0.5, 0.6) is 0 Å². The van der Waals surface area contributed by atoms with Gasteiger partial charge in [-0.1, -0.05) is 23.2 Å². The van der Waals surface area contributed by atoms with Crippen LogP contribution in [0.4, 0.5) is 10.1 Å². The van der Waals surface area contributed by atoms with Crippen LogP contribution in [0.1, 0.15) is 0 Å². The monoisotopic (exact) mass is 336 g/mol. The van der Waals surface area contributed by atoms with E-state index in [1.165, 1.54) is 12.1 Å². The van der Waals surface area contributed by atoms with Crippen molar-refractivity contribution < 1.29 is 9.18 Å². The molecule has 6 heteroatoms. The van der Waals surface area contributed by atoms with Crippen molar-refractivity contribution in [3.8, 4) is 0 Å². The van der Waals surface area contributed by atoms with Crippen molar-refractivity contribution >= 4 is 45.7 Å². The van der Waals surface area contributed by atoms with Gasteiger partial charge in [-0.2, -0.15) is 0 Å². The molecule has 0 saturated heterocycles. The number of amides is 1. The highest BCUT2D eigenvalue weighted by Crippen LogP contribution is 2.25. The molecular weight excluding hydrogens is 326 g/mol. The fourth-order valence-electron chi connectivity index (χ4n) is 2.24. The molecule has 22 heavy (non-hydrogen) atoms. The van der Waals surface area contributed by atoms with Crippen molar-refractivity contribution in [1.29, 1.82) is 0 Å². The predicted octanol–water partition coefficient (Wildman–Crippen LogP) is 4.73. The lowest BCUT2D eigenvalue weighted by molar-refractivity contribution is -0.116. The second kappa shape index (κ2) is 5.99. The first-order valence-electron chi connectivity index (χ1n) is 6.52. The van der Waals surface area contributed by atoms with Crippen LogP contribution in [0.15, 0.2) is 48.7 Å². The van der Waals surface area contributed by atoms with E-state index in [-0.39, 0.29) is 18.3 Å². The van der Waals surface area contributed by atoms with E-state index in [1.54, 1.807) is 41.1 Å². The van der Waals surface area contributed by atoms with Gasteiger partial charge in [0.1, 0.15) is 12.4 Å². The number of hydrogen-bond acceptors (Lipinski definition) is 1. The Balaban J connectivity index is 1.78. The summed E-state index contributed by atoms with van der Waals surface area (Å²) in [6.45, 7) is 0.105. The molecule has 3 nitrogen and oxygen atoms in total. The predicted molar refractivity (Wildman–Crippen MR) is 87.0 cm³/mol. The van der Waals surface area contributed by atoms with E-state index < -0.39 is 0 Å². The highest BCUT2D eigenvalue weighted by molar-refractivity contribution is 6.36. The smallest absolute Gasteiger partial charge is 0.244 e. The van der Waals surface area contributed by atoms with Gasteiger partial charge >= 0.3 is 0 Å². The summed E-state index contributed by atoms with van der Waals surface area (Å²) in [5, 5.41) is 4.35. The van der Waals surface area contributed by atoms with E-state index >= 15 is 0 Å². The van der Waals surface area contributed by atoms with Crippen molar-refractivity contribution in [2.45, 2.75) is 6.54 Å². The van der Waals surface area contributed by atoms with Crippen LogP contribution in [-0.4, -0.2) is 10.5 Å². The Morgan fingerprint density at radius 1 is 1.14 bits per heavy atom. The lowest BCUT2D eigenvalue weighted by atomic mass is 10.2. The maximum atomic E-state index is 13.2. The molecule has 0 radical (unpaired) electrons. The summed E-state index contributed by atoms with van der Waals surface area (Å²) in [5.41, 5.74) is 1.29. The summed E-state index contributed by atoms with van der Waals surface area (Å²) in [5.74, 6) is -0.534. The molecule has 0 atom stereocenters. The highest BCUT2D eigenvalue weighted by atomic mass is 35.5. The van der Waals surface area contributed by atoms with Gasteiger partial charge in [0.15, 0.2) is 0 Å². The highest BCUT2D eigenvalue weighted by Gasteiger charge is 2.09. The van der Waals surface area contributed by atoms with Crippen LogP contribution in [0, 0.1) is 5.82 Å². The van der Waals surface area contributed by atoms with Gasteiger partial charge in [-0.3, -0.25) is 4.79 Å². The summed E-state index contributed by atoms with van der Waals surface area (Å²) >= 11 is 11.8. The van der Waals surface area contributed by atoms with E-state index in [0.29, 0.717) is 15.7 Å². The Morgan fingerprint density at radius 2 is 1.95 bits per heavy atom. The average molecular weight is 337 g/mol. The Labute approximate surface area is 136 Å². The molecule has 1 heterocycles. The largest absolute Gasteiger partial charge is 0.338 e. The third-order valence-electron chi connectivity index (χ3n) is 3.25. The number of anilines is 1. The third-order valence-corrected chi connectivity index (χ3v) is 3.80. The molecule has 3 rings (SSSR count). The fraction of sp³-hybridized carbons (Fsp3) is 0.0625. The van der Waals surface area contributed by atoms with Gasteiger partial charge in [0.2, 0.25) is 5.91 Å². The Hall–Kier alpha value is -2.04. The van der Waals surface area contributed by atoms with Crippen LogP contribution < -0.4 is 5.32 Å². The first-order chi connectivity index (χ1) is 10.5. The minimum absolute atomic E-state index is 0.105. The van der Waals surface area contributed by atoms with Gasteiger partial charge in [0.05, 0.1) is 10.7 Å².